The quantitative estimate of drug-likeness (QED) is 0.697. The SMILES string of the molecule is Cc1cc(C=O)ccc1-n1ccnc1C. The minimum absolute atomic E-state index is 0.703. The first-order chi connectivity index (χ1) is 7.22. The summed E-state index contributed by atoms with van der Waals surface area (Å²) in [5.41, 5.74) is 2.84. The molecule has 0 saturated carbocycles. The number of imidazole rings is 1. The number of aryl methyl sites for hydroxylation is 2. The lowest BCUT2D eigenvalue weighted by Crippen LogP contribution is -1.98. The van der Waals surface area contributed by atoms with Crippen LogP contribution in [0.15, 0.2) is 30.6 Å². The molecule has 0 saturated heterocycles. The lowest BCUT2D eigenvalue weighted by Gasteiger charge is -2.08. The number of hydrogen-bond acceptors (Lipinski definition) is 2. The zero-order chi connectivity index (χ0) is 10.8. The first-order valence-electron chi connectivity index (χ1n) is 4.78. The molecule has 1 aromatic carbocycles. The van der Waals surface area contributed by atoms with Crippen molar-refractivity contribution in [2.24, 2.45) is 0 Å². The fraction of sp³-hybridized carbons (Fsp3) is 0.167. The summed E-state index contributed by atoms with van der Waals surface area (Å²) in [6, 6.07) is 5.63. The van der Waals surface area contributed by atoms with Crippen molar-refractivity contribution in [3.63, 3.8) is 0 Å². The van der Waals surface area contributed by atoms with Crippen LogP contribution in [0, 0.1) is 13.8 Å². The third-order valence-electron chi connectivity index (χ3n) is 2.44. The standard InChI is InChI=1S/C12H12N2O/c1-9-7-11(8-15)3-4-12(9)14-6-5-13-10(14)2/h3-8H,1-2H3. The molecule has 0 N–H and O–H groups in total. The summed E-state index contributed by atoms with van der Waals surface area (Å²) in [6.45, 7) is 3.94. The molecule has 0 spiro atoms. The summed E-state index contributed by atoms with van der Waals surface area (Å²) in [4.78, 5) is 14.8. The van der Waals surface area contributed by atoms with Gasteiger partial charge in [0.15, 0.2) is 0 Å². The highest BCUT2D eigenvalue weighted by Gasteiger charge is 2.04. The smallest absolute Gasteiger partial charge is 0.150 e. The van der Waals surface area contributed by atoms with Gasteiger partial charge >= 0.3 is 0 Å². The molecule has 0 unspecified atom stereocenters. The molecule has 0 amide bonds. The zero-order valence-corrected chi connectivity index (χ0v) is 8.77. The molecule has 0 aliphatic heterocycles. The van der Waals surface area contributed by atoms with Gasteiger partial charge in [-0.3, -0.25) is 4.79 Å². The van der Waals surface area contributed by atoms with Crippen molar-refractivity contribution in [2.45, 2.75) is 13.8 Å². The summed E-state index contributed by atoms with van der Waals surface area (Å²) in [5, 5.41) is 0. The van der Waals surface area contributed by atoms with Crippen molar-refractivity contribution >= 4 is 6.29 Å². The summed E-state index contributed by atoms with van der Waals surface area (Å²) >= 11 is 0. The van der Waals surface area contributed by atoms with Gasteiger partial charge in [-0.2, -0.15) is 0 Å². The number of rotatable bonds is 2. The normalized spacial score (nSPS) is 10.3. The Morgan fingerprint density at radius 2 is 2.13 bits per heavy atom. The lowest BCUT2D eigenvalue weighted by molar-refractivity contribution is 0.112. The van der Waals surface area contributed by atoms with Gasteiger partial charge in [0.05, 0.1) is 0 Å². The van der Waals surface area contributed by atoms with E-state index in [-0.39, 0.29) is 0 Å². The van der Waals surface area contributed by atoms with Crippen molar-refractivity contribution < 1.29 is 4.79 Å². The molecule has 0 bridgehead atoms. The van der Waals surface area contributed by atoms with E-state index in [1.54, 1.807) is 6.20 Å². The number of aldehydes is 1. The van der Waals surface area contributed by atoms with Gasteiger partial charge in [-0.1, -0.05) is 0 Å². The van der Waals surface area contributed by atoms with Gasteiger partial charge in [-0.25, -0.2) is 4.98 Å². The molecule has 0 fully saturated rings. The lowest BCUT2D eigenvalue weighted by atomic mass is 10.1. The molecule has 0 radical (unpaired) electrons. The van der Waals surface area contributed by atoms with E-state index in [4.69, 9.17) is 0 Å². The Morgan fingerprint density at radius 1 is 1.33 bits per heavy atom. The molecule has 1 aromatic heterocycles. The minimum Gasteiger partial charge on any atom is -0.304 e. The second-order valence-electron chi connectivity index (χ2n) is 3.51. The van der Waals surface area contributed by atoms with E-state index in [9.17, 15) is 4.79 Å². The van der Waals surface area contributed by atoms with Crippen LogP contribution in [0.5, 0.6) is 0 Å². The molecule has 0 aliphatic carbocycles. The molecule has 2 aromatic rings. The average molecular weight is 200 g/mol. The van der Waals surface area contributed by atoms with Crippen LogP contribution < -0.4 is 0 Å². The highest BCUT2D eigenvalue weighted by atomic mass is 16.1. The van der Waals surface area contributed by atoms with Crippen LogP contribution in [0.25, 0.3) is 5.69 Å². The van der Waals surface area contributed by atoms with Crippen molar-refractivity contribution in [3.8, 4) is 5.69 Å². The van der Waals surface area contributed by atoms with Gasteiger partial charge in [0.1, 0.15) is 12.1 Å². The number of benzene rings is 1. The highest BCUT2D eigenvalue weighted by molar-refractivity contribution is 5.75. The maximum absolute atomic E-state index is 10.6. The monoisotopic (exact) mass is 200 g/mol. The number of nitrogens with zero attached hydrogens (tertiary/aromatic N) is 2. The molecule has 2 rings (SSSR count). The van der Waals surface area contributed by atoms with Gasteiger partial charge in [-0.15, -0.1) is 0 Å². The van der Waals surface area contributed by atoms with Crippen LogP contribution in [0.2, 0.25) is 0 Å². The summed E-state index contributed by atoms with van der Waals surface area (Å²) in [5.74, 6) is 0.942. The topological polar surface area (TPSA) is 34.9 Å². The minimum atomic E-state index is 0.703. The number of carbonyl (C=O) groups excluding carboxylic acids is 1. The van der Waals surface area contributed by atoms with Crippen molar-refractivity contribution in [1.29, 1.82) is 0 Å². The number of hydrogen-bond donors (Lipinski definition) is 0. The number of aromatic nitrogens is 2. The molecule has 15 heavy (non-hydrogen) atoms. The fourth-order valence-electron chi connectivity index (χ4n) is 1.65. The summed E-state index contributed by atoms with van der Waals surface area (Å²) in [6.07, 6.45) is 4.54. The van der Waals surface area contributed by atoms with Gasteiger partial charge in [0.25, 0.3) is 0 Å². The van der Waals surface area contributed by atoms with E-state index in [1.807, 2.05) is 42.8 Å². The largest absolute Gasteiger partial charge is 0.304 e. The third-order valence-corrected chi connectivity index (χ3v) is 2.44. The van der Waals surface area contributed by atoms with E-state index in [1.165, 1.54) is 0 Å². The van der Waals surface area contributed by atoms with Crippen LogP contribution in [-0.2, 0) is 0 Å². The van der Waals surface area contributed by atoms with Gasteiger partial charge in [0, 0.05) is 23.6 Å². The molecule has 1 heterocycles. The van der Waals surface area contributed by atoms with Crippen LogP contribution in [-0.4, -0.2) is 15.8 Å². The van der Waals surface area contributed by atoms with Gasteiger partial charge < -0.3 is 4.57 Å². The van der Waals surface area contributed by atoms with E-state index >= 15 is 0 Å². The Labute approximate surface area is 88.4 Å². The maximum Gasteiger partial charge on any atom is 0.150 e. The molecule has 76 valence electrons. The Bertz CT molecular complexity index is 500. The average Bonchev–Trinajstić information content (AvgIpc) is 2.64. The van der Waals surface area contributed by atoms with Crippen LogP contribution >= 0.6 is 0 Å². The predicted octanol–water partition coefficient (Wildman–Crippen LogP) is 2.30. The highest BCUT2D eigenvalue weighted by Crippen LogP contribution is 2.16. The molecular formula is C12H12N2O. The van der Waals surface area contributed by atoms with Crippen LogP contribution in [0.3, 0.4) is 0 Å². The molecule has 3 nitrogen and oxygen atoms in total. The Kier molecular flexibility index (Phi) is 2.37. The molecule has 0 aliphatic rings. The first kappa shape index (κ1) is 9.65. The van der Waals surface area contributed by atoms with E-state index in [0.29, 0.717) is 5.56 Å². The van der Waals surface area contributed by atoms with Gasteiger partial charge in [-0.05, 0) is 37.6 Å². The van der Waals surface area contributed by atoms with Crippen molar-refractivity contribution in [2.75, 3.05) is 0 Å². The molecular weight excluding hydrogens is 188 g/mol. The van der Waals surface area contributed by atoms with Crippen molar-refractivity contribution in [1.82, 2.24) is 9.55 Å². The number of carbonyl (C=O) groups is 1. The van der Waals surface area contributed by atoms with E-state index < -0.39 is 0 Å². The third kappa shape index (κ3) is 1.68. The van der Waals surface area contributed by atoms with Gasteiger partial charge in [0.2, 0.25) is 0 Å². The Balaban J connectivity index is 2.55. The fourth-order valence-corrected chi connectivity index (χ4v) is 1.65. The van der Waals surface area contributed by atoms with Crippen LogP contribution in [0.1, 0.15) is 21.7 Å². The van der Waals surface area contributed by atoms with Crippen LogP contribution in [0.4, 0.5) is 0 Å². The first-order valence-corrected chi connectivity index (χ1v) is 4.78. The second-order valence-corrected chi connectivity index (χ2v) is 3.51. The summed E-state index contributed by atoms with van der Waals surface area (Å²) < 4.78 is 2.00. The molecule has 3 heteroatoms. The van der Waals surface area contributed by atoms with E-state index in [0.717, 1.165) is 23.4 Å². The zero-order valence-electron chi connectivity index (χ0n) is 8.77. The van der Waals surface area contributed by atoms with E-state index in [2.05, 4.69) is 4.98 Å². The van der Waals surface area contributed by atoms with Crippen molar-refractivity contribution in [3.05, 3.63) is 47.5 Å². The molecule has 0 atom stereocenters. The second kappa shape index (κ2) is 3.69. The summed E-state index contributed by atoms with van der Waals surface area (Å²) in [7, 11) is 0. The predicted molar refractivity (Wildman–Crippen MR) is 58.4 cm³/mol. The maximum atomic E-state index is 10.6. The Hall–Kier alpha value is -1.90. The Morgan fingerprint density at radius 3 is 2.67 bits per heavy atom.